The van der Waals surface area contributed by atoms with Gasteiger partial charge in [0.15, 0.2) is 0 Å². The van der Waals surface area contributed by atoms with Crippen LogP contribution in [0.5, 0.6) is 17.2 Å². The Morgan fingerprint density at radius 1 is 1.13 bits per heavy atom. The van der Waals surface area contributed by atoms with E-state index in [1.165, 1.54) is 19.3 Å². The number of hydrogen-bond donors (Lipinski definition) is 1. The first kappa shape index (κ1) is 19.8. The summed E-state index contributed by atoms with van der Waals surface area (Å²) in [6.45, 7) is 2.71. The number of nitrogens with one attached hydrogen (secondary N) is 1. The maximum absolute atomic E-state index is 12.2. The van der Waals surface area contributed by atoms with Gasteiger partial charge in [0.1, 0.15) is 23.1 Å². The Morgan fingerprint density at radius 2 is 1.97 bits per heavy atom. The van der Waals surface area contributed by atoms with Crippen molar-refractivity contribution < 1.29 is 14.3 Å². The Balaban J connectivity index is 1.23. The van der Waals surface area contributed by atoms with Crippen LogP contribution in [-0.2, 0) is 4.79 Å². The lowest BCUT2D eigenvalue weighted by molar-refractivity contribution is -0.120. The van der Waals surface area contributed by atoms with Crippen molar-refractivity contribution in [2.24, 2.45) is 11.3 Å². The molecule has 0 spiro atoms. The number of nitrogens with zero attached hydrogens (tertiary/aromatic N) is 2. The minimum absolute atomic E-state index is 0.0272. The molecular weight excluding hydrogens is 390 g/mol. The Morgan fingerprint density at radius 3 is 2.71 bits per heavy atom. The van der Waals surface area contributed by atoms with Gasteiger partial charge in [-0.15, -0.1) is 0 Å². The molecule has 5 rings (SSSR count). The molecule has 2 heterocycles. The van der Waals surface area contributed by atoms with Crippen LogP contribution in [0.25, 0.3) is 10.9 Å². The van der Waals surface area contributed by atoms with Crippen LogP contribution in [0.1, 0.15) is 45.4 Å². The molecule has 2 fully saturated rings. The van der Waals surface area contributed by atoms with Crippen LogP contribution in [0, 0.1) is 11.3 Å². The number of rotatable bonds is 9. The van der Waals surface area contributed by atoms with Gasteiger partial charge in [0.05, 0.1) is 18.3 Å². The number of carbonyl (C=O) groups excluding carboxylic acids is 1. The molecule has 31 heavy (non-hydrogen) atoms. The van der Waals surface area contributed by atoms with Crippen molar-refractivity contribution in [3.8, 4) is 17.2 Å². The average molecular weight is 418 g/mol. The summed E-state index contributed by atoms with van der Waals surface area (Å²) in [6.07, 6.45) is 10.3. The van der Waals surface area contributed by atoms with Gasteiger partial charge in [-0.25, -0.2) is 4.98 Å². The second kappa shape index (κ2) is 8.17. The highest BCUT2D eigenvalue weighted by Crippen LogP contribution is 2.45. The maximum atomic E-state index is 12.2. The first-order valence-corrected chi connectivity index (χ1v) is 11.1. The Labute approximate surface area is 182 Å². The molecule has 6 nitrogen and oxygen atoms in total. The fraction of sp³-hybridized carbons (Fsp3) is 0.400. The van der Waals surface area contributed by atoms with Gasteiger partial charge in [-0.3, -0.25) is 9.78 Å². The van der Waals surface area contributed by atoms with E-state index in [0.717, 1.165) is 48.4 Å². The number of pyridine rings is 2. The number of ether oxygens (including phenoxy) is 2. The van der Waals surface area contributed by atoms with E-state index in [1.54, 1.807) is 24.5 Å². The first-order valence-electron chi connectivity index (χ1n) is 11.1. The monoisotopic (exact) mass is 417 g/mol. The van der Waals surface area contributed by atoms with Crippen molar-refractivity contribution in [3.63, 3.8) is 0 Å². The largest absolute Gasteiger partial charge is 0.494 e. The second-order valence-electron chi connectivity index (χ2n) is 8.92. The minimum atomic E-state index is -0.230. The van der Waals surface area contributed by atoms with Crippen LogP contribution in [0.4, 0.5) is 5.82 Å². The summed E-state index contributed by atoms with van der Waals surface area (Å²) in [5.74, 6) is 3.63. The van der Waals surface area contributed by atoms with E-state index in [1.807, 2.05) is 31.2 Å². The fourth-order valence-corrected chi connectivity index (χ4v) is 3.57. The third-order valence-corrected chi connectivity index (χ3v) is 6.15. The SMILES string of the molecule is CC1(C(=O)Nc2ccc(Oc3ccnc4cc(OCCCC5CC5)ccc34)cn2)CC1. The predicted octanol–water partition coefficient (Wildman–Crippen LogP) is 5.73. The molecule has 2 saturated carbocycles. The van der Waals surface area contributed by atoms with Crippen molar-refractivity contribution in [3.05, 3.63) is 48.8 Å². The summed E-state index contributed by atoms with van der Waals surface area (Å²) < 4.78 is 11.9. The number of benzene rings is 1. The quantitative estimate of drug-likeness (QED) is 0.450. The van der Waals surface area contributed by atoms with E-state index in [4.69, 9.17) is 9.47 Å². The van der Waals surface area contributed by atoms with Gasteiger partial charge in [0, 0.05) is 23.1 Å². The molecule has 1 N–H and O–H groups in total. The standard InChI is InChI=1S/C25H27N3O3/c1-25(11-12-25)24(29)28-23-9-7-19(16-27-23)31-22-10-13-26-21-15-18(6-8-20(21)22)30-14-2-3-17-4-5-17/h6-10,13,15-17H,2-5,11-12,14H2,1H3,(H,27,28,29). The molecule has 0 saturated heterocycles. The fourth-order valence-electron chi connectivity index (χ4n) is 3.57. The summed E-state index contributed by atoms with van der Waals surface area (Å²) in [4.78, 5) is 20.9. The van der Waals surface area contributed by atoms with E-state index in [9.17, 15) is 4.79 Å². The van der Waals surface area contributed by atoms with Crippen LogP contribution in [-0.4, -0.2) is 22.5 Å². The van der Waals surface area contributed by atoms with Gasteiger partial charge in [0.2, 0.25) is 5.91 Å². The van der Waals surface area contributed by atoms with E-state index in [-0.39, 0.29) is 11.3 Å². The molecule has 0 bridgehead atoms. The zero-order valence-electron chi connectivity index (χ0n) is 17.8. The van der Waals surface area contributed by atoms with Crippen LogP contribution in [0.3, 0.4) is 0 Å². The summed E-state index contributed by atoms with van der Waals surface area (Å²) in [6, 6.07) is 11.3. The first-order chi connectivity index (χ1) is 15.1. The highest BCUT2D eigenvalue weighted by Gasteiger charge is 2.44. The van der Waals surface area contributed by atoms with Crippen LogP contribution >= 0.6 is 0 Å². The second-order valence-corrected chi connectivity index (χ2v) is 8.92. The Kier molecular flexibility index (Phi) is 5.22. The number of hydrogen-bond acceptors (Lipinski definition) is 5. The van der Waals surface area contributed by atoms with Crippen molar-refractivity contribution in [1.29, 1.82) is 0 Å². The van der Waals surface area contributed by atoms with Gasteiger partial charge < -0.3 is 14.8 Å². The minimum Gasteiger partial charge on any atom is -0.494 e. The van der Waals surface area contributed by atoms with E-state index in [0.29, 0.717) is 17.3 Å². The molecule has 2 aliphatic carbocycles. The maximum Gasteiger partial charge on any atom is 0.231 e. The molecule has 2 aliphatic rings. The van der Waals surface area contributed by atoms with E-state index >= 15 is 0 Å². The van der Waals surface area contributed by atoms with Crippen LogP contribution in [0.15, 0.2) is 48.8 Å². The van der Waals surface area contributed by atoms with Crippen LogP contribution in [0.2, 0.25) is 0 Å². The molecule has 1 aromatic carbocycles. The number of anilines is 1. The number of amides is 1. The molecule has 1 amide bonds. The lowest BCUT2D eigenvalue weighted by Gasteiger charge is -2.12. The van der Waals surface area contributed by atoms with Gasteiger partial charge in [-0.05, 0) is 61.9 Å². The van der Waals surface area contributed by atoms with Gasteiger partial charge in [-0.1, -0.05) is 19.8 Å². The van der Waals surface area contributed by atoms with E-state index < -0.39 is 0 Å². The van der Waals surface area contributed by atoms with Gasteiger partial charge in [0.25, 0.3) is 0 Å². The zero-order valence-corrected chi connectivity index (χ0v) is 17.8. The molecule has 0 aliphatic heterocycles. The summed E-state index contributed by atoms with van der Waals surface area (Å²) in [5, 5.41) is 3.78. The highest BCUT2D eigenvalue weighted by atomic mass is 16.5. The predicted molar refractivity (Wildman–Crippen MR) is 119 cm³/mol. The van der Waals surface area contributed by atoms with Crippen LogP contribution < -0.4 is 14.8 Å². The Hall–Kier alpha value is -3.15. The number of fused-ring (bicyclic) bond motifs is 1. The molecule has 160 valence electrons. The summed E-state index contributed by atoms with van der Waals surface area (Å²) in [5.41, 5.74) is 0.596. The van der Waals surface area contributed by atoms with E-state index in [2.05, 4.69) is 15.3 Å². The Bertz CT molecular complexity index is 1090. The zero-order chi connectivity index (χ0) is 21.3. The van der Waals surface area contributed by atoms with Crippen molar-refractivity contribution in [2.45, 2.75) is 45.4 Å². The molecule has 6 heteroatoms. The molecule has 3 aromatic rings. The highest BCUT2D eigenvalue weighted by molar-refractivity contribution is 5.96. The molecular formula is C25H27N3O3. The van der Waals surface area contributed by atoms with Crippen molar-refractivity contribution in [1.82, 2.24) is 9.97 Å². The molecule has 0 radical (unpaired) electrons. The summed E-state index contributed by atoms with van der Waals surface area (Å²) in [7, 11) is 0. The summed E-state index contributed by atoms with van der Waals surface area (Å²) >= 11 is 0. The lowest BCUT2D eigenvalue weighted by atomic mass is 10.1. The lowest BCUT2D eigenvalue weighted by Crippen LogP contribution is -2.21. The smallest absolute Gasteiger partial charge is 0.231 e. The molecule has 0 unspecified atom stereocenters. The number of aromatic nitrogens is 2. The topological polar surface area (TPSA) is 73.3 Å². The van der Waals surface area contributed by atoms with Gasteiger partial charge >= 0.3 is 0 Å². The third-order valence-electron chi connectivity index (χ3n) is 6.15. The molecule has 2 aromatic heterocycles. The van der Waals surface area contributed by atoms with Crippen molar-refractivity contribution >= 4 is 22.6 Å². The number of carbonyl (C=O) groups is 1. The molecule has 0 atom stereocenters. The normalized spacial score (nSPS) is 16.7. The third kappa shape index (κ3) is 4.79. The van der Waals surface area contributed by atoms with Crippen molar-refractivity contribution in [2.75, 3.05) is 11.9 Å². The van der Waals surface area contributed by atoms with Gasteiger partial charge in [-0.2, -0.15) is 0 Å². The average Bonchev–Trinajstić information content (AvgIpc) is 3.71.